The second-order valence-corrected chi connectivity index (χ2v) is 8.06. The van der Waals surface area contributed by atoms with Crippen molar-refractivity contribution in [2.45, 2.75) is 13.0 Å². The number of nitrogens with one attached hydrogen (secondary N) is 1. The molecule has 1 fully saturated rings. The Balaban J connectivity index is 1.18. The highest BCUT2D eigenvalue weighted by molar-refractivity contribution is 6.10. The smallest absolute Gasteiger partial charge is 0.267 e. The average Bonchev–Trinajstić information content (AvgIpc) is 3.14. The number of aromatic nitrogens is 1. The molecule has 2 aliphatic rings. The normalized spacial score (nSPS) is 18.9. The summed E-state index contributed by atoms with van der Waals surface area (Å²) in [4.78, 5) is 33.1. The minimum Gasteiger partial charge on any atom is -0.485 e. The molecule has 2 aliphatic heterocycles. The molecule has 0 bridgehead atoms. The number of para-hydroxylation sites is 3. The van der Waals surface area contributed by atoms with Gasteiger partial charge < -0.3 is 19.4 Å². The van der Waals surface area contributed by atoms with Gasteiger partial charge in [0.15, 0.2) is 17.3 Å². The highest BCUT2D eigenvalue weighted by Crippen LogP contribution is 2.31. The highest BCUT2D eigenvalue weighted by atomic mass is 16.6. The number of ketones is 1. The highest BCUT2D eigenvalue weighted by Gasteiger charge is 2.33. The van der Waals surface area contributed by atoms with Gasteiger partial charge in [0, 0.05) is 48.3 Å². The van der Waals surface area contributed by atoms with Crippen LogP contribution in [0.5, 0.6) is 11.5 Å². The number of fused-ring (bicyclic) bond motifs is 2. The lowest BCUT2D eigenvalue weighted by Gasteiger charge is -2.36. The Kier molecular flexibility index (Phi) is 5.11. The topological polar surface area (TPSA) is 74.9 Å². The molecule has 0 radical (unpaired) electrons. The first kappa shape index (κ1) is 19.6. The molecule has 5 rings (SSSR count). The first-order chi connectivity index (χ1) is 15.1. The first-order valence-corrected chi connectivity index (χ1v) is 10.6. The summed E-state index contributed by atoms with van der Waals surface area (Å²) in [5.74, 6) is 1.32. The summed E-state index contributed by atoms with van der Waals surface area (Å²) in [5.41, 5.74) is 2.64. The number of hydrogen-bond donors (Lipinski definition) is 1. The average molecular weight is 419 g/mol. The van der Waals surface area contributed by atoms with Crippen molar-refractivity contribution >= 4 is 22.6 Å². The number of piperazine rings is 1. The van der Waals surface area contributed by atoms with Crippen molar-refractivity contribution in [2.24, 2.45) is 0 Å². The number of nitrogens with zero attached hydrogens (tertiary/aromatic N) is 2. The van der Waals surface area contributed by atoms with Crippen LogP contribution in [0.2, 0.25) is 0 Å². The third-order valence-corrected chi connectivity index (χ3v) is 6.01. The lowest BCUT2D eigenvalue weighted by Crippen LogP contribution is -2.54. The molecule has 1 atom stereocenters. The SMILES string of the molecule is Cc1[nH]c2ccccc2c1C(=O)CN1CCN(C(=O)[C@H]2COc3ccccc3O2)CC1. The van der Waals surface area contributed by atoms with Gasteiger partial charge in [0.25, 0.3) is 5.91 Å². The van der Waals surface area contributed by atoms with Crippen LogP contribution in [0.3, 0.4) is 0 Å². The molecular weight excluding hydrogens is 394 g/mol. The van der Waals surface area contributed by atoms with Crippen molar-refractivity contribution in [1.29, 1.82) is 0 Å². The zero-order valence-electron chi connectivity index (χ0n) is 17.5. The maximum atomic E-state index is 13.0. The van der Waals surface area contributed by atoms with E-state index in [1.54, 1.807) is 4.90 Å². The van der Waals surface area contributed by atoms with Crippen LogP contribution in [-0.4, -0.2) is 71.9 Å². The molecule has 0 unspecified atom stereocenters. The van der Waals surface area contributed by atoms with Crippen molar-refractivity contribution in [1.82, 2.24) is 14.8 Å². The number of aromatic amines is 1. The van der Waals surface area contributed by atoms with Crippen molar-refractivity contribution in [3.05, 3.63) is 59.8 Å². The third kappa shape index (κ3) is 3.77. The van der Waals surface area contributed by atoms with Crippen LogP contribution in [0.1, 0.15) is 16.1 Å². The number of benzene rings is 2. The van der Waals surface area contributed by atoms with Crippen LogP contribution in [-0.2, 0) is 4.79 Å². The largest absolute Gasteiger partial charge is 0.485 e. The summed E-state index contributed by atoms with van der Waals surface area (Å²) in [6.07, 6.45) is -0.628. The van der Waals surface area contributed by atoms with Crippen LogP contribution in [0.25, 0.3) is 10.9 Å². The fourth-order valence-electron chi connectivity index (χ4n) is 4.39. The van der Waals surface area contributed by atoms with Gasteiger partial charge in [-0.2, -0.15) is 0 Å². The number of aryl methyl sites for hydroxylation is 1. The lowest BCUT2D eigenvalue weighted by atomic mass is 10.1. The number of H-pyrrole nitrogens is 1. The van der Waals surface area contributed by atoms with Gasteiger partial charge >= 0.3 is 0 Å². The molecule has 1 saturated heterocycles. The van der Waals surface area contributed by atoms with Gasteiger partial charge in [-0.25, -0.2) is 0 Å². The van der Waals surface area contributed by atoms with Crippen LogP contribution in [0.4, 0.5) is 0 Å². The molecule has 31 heavy (non-hydrogen) atoms. The Hall–Kier alpha value is -3.32. The van der Waals surface area contributed by atoms with Crippen molar-refractivity contribution in [3.8, 4) is 11.5 Å². The second-order valence-electron chi connectivity index (χ2n) is 8.06. The summed E-state index contributed by atoms with van der Waals surface area (Å²) in [6.45, 7) is 4.96. The summed E-state index contributed by atoms with van der Waals surface area (Å²) in [7, 11) is 0. The van der Waals surface area contributed by atoms with Gasteiger partial charge in [-0.3, -0.25) is 14.5 Å². The summed E-state index contributed by atoms with van der Waals surface area (Å²) in [6, 6.07) is 15.3. The predicted octanol–water partition coefficient (Wildman–Crippen LogP) is 2.64. The Morgan fingerprint density at radius 1 is 1.00 bits per heavy atom. The van der Waals surface area contributed by atoms with Crippen molar-refractivity contribution < 1.29 is 19.1 Å². The van der Waals surface area contributed by atoms with E-state index in [9.17, 15) is 9.59 Å². The van der Waals surface area contributed by atoms with Gasteiger partial charge in [0.2, 0.25) is 6.10 Å². The van der Waals surface area contributed by atoms with Gasteiger partial charge in [-0.05, 0) is 25.1 Å². The number of hydrogen-bond acceptors (Lipinski definition) is 5. The van der Waals surface area contributed by atoms with E-state index in [4.69, 9.17) is 9.47 Å². The van der Waals surface area contributed by atoms with E-state index in [1.807, 2.05) is 55.5 Å². The van der Waals surface area contributed by atoms with Gasteiger partial charge in [-0.1, -0.05) is 30.3 Å². The number of rotatable bonds is 4. The molecule has 0 saturated carbocycles. The number of carbonyl (C=O) groups is 2. The van der Waals surface area contributed by atoms with Crippen LogP contribution in [0, 0.1) is 6.92 Å². The Bertz CT molecular complexity index is 1130. The Morgan fingerprint density at radius 3 is 2.52 bits per heavy atom. The molecule has 1 amide bonds. The van der Waals surface area contributed by atoms with E-state index in [0.717, 1.165) is 22.2 Å². The zero-order chi connectivity index (χ0) is 21.4. The molecule has 7 nitrogen and oxygen atoms in total. The Morgan fingerprint density at radius 2 is 1.71 bits per heavy atom. The molecule has 2 aromatic carbocycles. The minimum atomic E-state index is -0.628. The summed E-state index contributed by atoms with van der Waals surface area (Å²) in [5, 5.41) is 0.966. The number of carbonyl (C=O) groups excluding carboxylic acids is 2. The van der Waals surface area contributed by atoms with E-state index >= 15 is 0 Å². The van der Waals surface area contributed by atoms with E-state index in [2.05, 4.69) is 9.88 Å². The van der Waals surface area contributed by atoms with Gasteiger partial charge in [0.1, 0.15) is 6.61 Å². The molecule has 0 aliphatic carbocycles. The fraction of sp³-hybridized carbons (Fsp3) is 0.333. The van der Waals surface area contributed by atoms with Gasteiger partial charge in [-0.15, -0.1) is 0 Å². The van der Waals surface area contributed by atoms with Crippen LogP contribution in [0.15, 0.2) is 48.5 Å². The molecule has 1 N–H and O–H groups in total. The van der Waals surface area contributed by atoms with E-state index < -0.39 is 6.10 Å². The molecule has 160 valence electrons. The number of Topliss-reactive ketones (excluding diaryl/α,β-unsaturated/α-hetero) is 1. The molecule has 3 aromatic rings. The summed E-state index contributed by atoms with van der Waals surface area (Å²) < 4.78 is 11.5. The number of ether oxygens (including phenoxy) is 2. The predicted molar refractivity (Wildman–Crippen MR) is 117 cm³/mol. The van der Waals surface area contributed by atoms with Crippen molar-refractivity contribution in [3.63, 3.8) is 0 Å². The monoisotopic (exact) mass is 419 g/mol. The maximum absolute atomic E-state index is 13.0. The van der Waals surface area contributed by atoms with Crippen LogP contribution < -0.4 is 9.47 Å². The summed E-state index contributed by atoms with van der Waals surface area (Å²) >= 11 is 0. The standard InChI is InChI=1S/C24H25N3O4/c1-16-23(17-6-2-3-7-18(17)25-16)19(28)14-26-10-12-27(13-11-26)24(29)22-15-30-20-8-4-5-9-21(20)31-22/h2-9,22,25H,10-15H2,1H3/t22-/m1/s1. The van der Waals surface area contributed by atoms with E-state index in [1.165, 1.54) is 0 Å². The molecule has 7 heteroatoms. The number of amides is 1. The van der Waals surface area contributed by atoms with Gasteiger partial charge in [0.05, 0.1) is 6.54 Å². The molecule has 3 heterocycles. The molecule has 1 aromatic heterocycles. The third-order valence-electron chi connectivity index (χ3n) is 6.01. The quantitative estimate of drug-likeness (QED) is 0.658. The Labute approximate surface area is 180 Å². The van der Waals surface area contributed by atoms with E-state index in [-0.39, 0.29) is 18.3 Å². The maximum Gasteiger partial charge on any atom is 0.267 e. The van der Waals surface area contributed by atoms with Crippen molar-refractivity contribution in [2.75, 3.05) is 39.3 Å². The zero-order valence-corrected chi connectivity index (χ0v) is 17.5. The van der Waals surface area contributed by atoms with Crippen LogP contribution >= 0.6 is 0 Å². The minimum absolute atomic E-state index is 0.0621. The molecule has 0 spiro atoms. The lowest BCUT2D eigenvalue weighted by molar-refractivity contribution is -0.142. The first-order valence-electron chi connectivity index (χ1n) is 10.6. The van der Waals surface area contributed by atoms with E-state index in [0.29, 0.717) is 44.2 Å². The molecular formula is C24H25N3O4. The second kappa shape index (κ2) is 8.07. The fourth-order valence-corrected chi connectivity index (χ4v) is 4.39.